The lowest BCUT2D eigenvalue weighted by molar-refractivity contribution is 0.157. The molecule has 0 aliphatic carbocycles. The second-order valence-corrected chi connectivity index (χ2v) is 11.8. The number of benzene rings is 3. The van der Waals surface area contributed by atoms with E-state index in [-0.39, 0.29) is 22.1 Å². The maximum atomic E-state index is 14.9. The average Bonchev–Trinajstić information content (AvgIpc) is 2.98. The van der Waals surface area contributed by atoms with E-state index in [4.69, 9.17) is 9.47 Å². The van der Waals surface area contributed by atoms with Gasteiger partial charge in [0.2, 0.25) is 0 Å². The number of nitrogens with zero attached hydrogens (tertiary/aromatic N) is 3. The molecule has 0 radical (unpaired) electrons. The number of methoxy groups -OCH3 is 1. The highest BCUT2D eigenvalue weighted by molar-refractivity contribution is 7.92. The summed E-state index contributed by atoms with van der Waals surface area (Å²) in [7, 11) is -0.616. The molecule has 2 N–H and O–H groups in total. The van der Waals surface area contributed by atoms with Crippen molar-refractivity contribution in [2.75, 3.05) is 43.9 Å². The molecule has 0 amide bonds. The molecule has 42 heavy (non-hydrogen) atoms. The molecule has 0 atom stereocenters. The summed E-state index contributed by atoms with van der Waals surface area (Å²) in [6, 6.07) is 16.3. The molecule has 1 aliphatic heterocycles. The molecule has 220 valence electrons. The first-order valence-corrected chi connectivity index (χ1v) is 14.9. The minimum atomic E-state index is -4.02. The zero-order valence-electron chi connectivity index (χ0n) is 23.2. The topological polar surface area (TPSA) is 106 Å². The fourth-order valence-corrected chi connectivity index (χ4v) is 5.66. The first-order chi connectivity index (χ1) is 20.2. The zero-order valence-corrected chi connectivity index (χ0v) is 24.0. The number of likely N-dealkylation sites (tertiary alicyclic amines) is 1. The summed E-state index contributed by atoms with van der Waals surface area (Å²) in [6.45, 7) is 2.54. The average molecular weight is 596 g/mol. The summed E-state index contributed by atoms with van der Waals surface area (Å²) >= 11 is 0. The van der Waals surface area contributed by atoms with Crippen molar-refractivity contribution in [2.24, 2.45) is 5.92 Å². The van der Waals surface area contributed by atoms with Gasteiger partial charge < -0.3 is 19.7 Å². The number of rotatable bonds is 10. The number of ether oxygens (including phenoxy) is 2. The minimum Gasteiger partial charge on any atom is -0.494 e. The van der Waals surface area contributed by atoms with Crippen LogP contribution < -0.4 is 19.5 Å². The van der Waals surface area contributed by atoms with Gasteiger partial charge in [0.05, 0.1) is 24.3 Å². The van der Waals surface area contributed by atoms with Crippen LogP contribution in [0.2, 0.25) is 0 Å². The molecular formula is C30H31F2N5O4S. The number of piperidine rings is 1. The van der Waals surface area contributed by atoms with Crippen molar-refractivity contribution < 1.29 is 26.7 Å². The highest BCUT2D eigenvalue weighted by Gasteiger charge is 2.19. The maximum absolute atomic E-state index is 14.9. The second-order valence-electron chi connectivity index (χ2n) is 10.1. The number of sulfonamides is 1. The van der Waals surface area contributed by atoms with Crippen molar-refractivity contribution in [3.63, 3.8) is 0 Å². The summed E-state index contributed by atoms with van der Waals surface area (Å²) in [6.07, 6.45) is 3.45. The SMILES string of the molecule is COc1ccc(S(=O)(=O)Nc2ccc(Nc3cc(-c4ccc(OCC5CCN(C)CC5)c(F)c4)ncn3)cc2)cc1F. The van der Waals surface area contributed by atoms with Gasteiger partial charge in [-0.1, -0.05) is 0 Å². The third kappa shape index (κ3) is 7.12. The molecule has 1 saturated heterocycles. The van der Waals surface area contributed by atoms with Crippen molar-refractivity contribution in [3.8, 4) is 22.8 Å². The standard InChI is InChI=1S/C30H31F2N5O4S/c1-37-13-11-20(12-14-37)18-41-29-9-3-21(15-25(29)31)27-17-30(34-19-33-27)35-22-4-6-23(7-5-22)36-42(38,39)24-8-10-28(40-2)26(32)16-24/h3-10,15-17,19-20,36H,11-14,18H2,1-2H3,(H,33,34,35). The lowest BCUT2D eigenvalue weighted by Gasteiger charge is -2.28. The van der Waals surface area contributed by atoms with Crippen LogP contribution in [0.25, 0.3) is 11.3 Å². The fraction of sp³-hybridized carbons (Fsp3) is 0.267. The summed E-state index contributed by atoms with van der Waals surface area (Å²) in [5.41, 5.74) is 2.00. The Bertz CT molecular complexity index is 1650. The van der Waals surface area contributed by atoms with Crippen molar-refractivity contribution in [3.05, 3.63) is 84.7 Å². The van der Waals surface area contributed by atoms with E-state index in [0.717, 1.165) is 32.0 Å². The quantitative estimate of drug-likeness (QED) is 0.241. The van der Waals surface area contributed by atoms with Gasteiger partial charge in [-0.15, -0.1) is 0 Å². The molecule has 3 aromatic carbocycles. The van der Waals surface area contributed by atoms with Crippen LogP contribution >= 0.6 is 0 Å². The number of halogens is 2. The van der Waals surface area contributed by atoms with Gasteiger partial charge in [0.15, 0.2) is 23.1 Å². The molecule has 12 heteroatoms. The van der Waals surface area contributed by atoms with E-state index < -0.39 is 21.7 Å². The highest BCUT2D eigenvalue weighted by atomic mass is 32.2. The van der Waals surface area contributed by atoms with Crippen LogP contribution in [-0.4, -0.2) is 57.1 Å². The van der Waals surface area contributed by atoms with Gasteiger partial charge in [0, 0.05) is 23.0 Å². The summed E-state index contributed by atoms with van der Waals surface area (Å²) in [5.74, 6) is -0.180. The van der Waals surface area contributed by atoms with Crippen LogP contribution in [0.1, 0.15) is 12.8 Å². The maximum Gasteiger partial charge on any atom is 0.262 e. The number of hydrogen-bond donors (Lipinski definition) is 2. The predicted octanol–water partition coefficient (Wildman–Crippen LogP) is 5.70. The van der Waals surface area contributed by atoms with Gasteiger partial charge in [-0.05, 0) is 99.6 Å². The molecular weight excluding hydrogens is 564 g/mol. The number of hydrogen-bond acceptors (Lipinski definition) is 8. The van der Waals surface area contributed by atoms with Gasteiger partial charge in [0.1, 0.15) is 12.1 Å². The van der Waals surface area contributed by atoms with E-state index in [1.807, 2.05) is 0 Å². The molecule has 0 saturated carbocycles. The van der Waals surface area contributed by atoms with E-state index in [1.54, 1.807) is 42.5 Å². The van der Waals surface area contributed by atoms with E-state index in [0.29, 0.717) is 35.3 Å². The second kappa shape index (κ2) is 12.7. The first kappa shape index (κ1) is 29.2. The zero-order chi connectivity index (χ0) is 29.7. The number of nitrogens with one attached hydrogen (secondary N) is 2. The summed E-state index contributed by atoms with van der Waals surface area (Å²) in [5, 5.41) is 3.13. The molecule has 1 fully saturated rings. The van der Waals surface area contributed by atoms with Gasteiger partial charge in [-0.25, -0.2) is 27.2 Å². The summed E-state index contributed by atoms with van der Waals surface area (Å²) in [4.78, 5) is 10.6. The van der Waals surface area contributed by atoms with E-state index >= 15 is 0 Å². The Hall–Kier alpha value is -4.29. The Balaban J connectivity index is 1.21. The molecule has 5 rings (SSSR count). The molecule has 0 spiro atoms. The van der Waals surface area contributed by atoms with Crippen molar-refractivity contribution in [2.45, 2.75) is 17.7 Å². The van der Waals surface area contributed by atoms with Crippen LogP contribution in [0.15, 0.2) is 78.0 Å². The van der Waals surface area contributed by atoms with Gasteiger partial charge in [-0.2, -0.15) is 0 Å². The largest absolute Gasteiger partial charge is 0.494 e. The van der Waals surface area contributed by atoms with Crippen LogP contribution in [0, 0.1) is 17.6 Å². The Morgan fingerprint density at radius 2 is 1.60 bits per heavy atom. The highest BCUT2D eigenvalue weighted by Crippen LogP contribution is 2.28. The Morgan fingerprint density at radius 1 is 0.905 bits per heavy atom. The number of anilines is 3. The monoisotopic (exact) mass is 595 g/mol. The van der Waals surface area contributed by atoms with Crippen LogP contribution in [0.3, 0.4) is 0 Å². The normalized spacial score (nSPS) is 14.4. The van der Waals surface area contributed by atoms with Crippen LogP contribution in [0.4, 0.5) is 26.0 Å². The molecule has 4 aromatic rings. The molecule has 0 unspecified atom stereocenters. The predicted molar refractivity (Wildman–Crippen MR) is 157 cm³/mol. The van der Waals surface area contributed by atoms with Crippen LogP contribution in [-0.2, 0) is 10.0 Å². The lowest BCUT2D eigenvalue weighted by atomic mass is 9.98. The van der Waals surface area contributed by atoms with Crippen molar-refractivity contribution in [1.82, 2.24) is 14.9 Å². The van der Waals surface area contributed by atoms with Crippen LogP contribution in [0.5, 0.6) is 11.5 Å². The first-order valence-electron chi connectivity index (χ1n) is 13.4. The molecule has 1 aliphatic rings. The van der Waals surface area contributed by atoms with E-state index in [9.17, 15) is 17.2 Å². The Kier molecular flexibility index (Phi) is 8.83. The smallest absolute Gasteiger partial charge is 0.262 e. The fourth-order valence-electron chi connectivity index (χ4n) is 4.59. The van der Waals surface area contributed by atoms with Gasteiger partial charge in [0.25, 0.3) is 10.0 Å². The third-order valence-corrected chi connectivity index (χ3v) is 8.43. The Labute approximate surface area is 243 Å². The summed E-state index contributed by atoms with van der Waals surface area (Å²) < 4.78 is 67.2. The number of aromatic nitrogens is 2. The molecule has 2 heterocycles. The minimum absolute atomic E-state index is 0.0493. The van der Waals surface area contributed by atoms with E-state index in [1.165, 1.54) is 31.6 Å². The molecule has 0 bridgehead atoms. The third-order valence-electron chi connectivity index (χ3n) is 7.05. The molecule has 1 aromatic heterocycles. The van der Waals surface area contributed by atoms with Gasteiger partial charge in [-0.3, -0.25) is 4.72 Å². The van der Waals surface area contributed by atoms with Crippen molar-refractivity contribution >= 4 is 27.2 Å². The molecule has 9 nitrogen and oxygen atoms in total. The lowest BCUT2D eigenvalue weighted by Crippen LogP contribution is -2.32. The van der Waals surface area contributed by atoms with Gasteiger partial charge >= 0.3 is 0 Å². The van der Waals surface area contributed by atoms with E-state index in [2.05, 4.69) is 32.0 Å². The Morgan fingerprint density at radius 3 is 2.29 bits per heavy atom. The van der Waals surface area contributed by atoms with Crippen molar-refractivity contribution in [1.29, 1.82) is 0 Å².